The highest BCUT2D eigenvalue weighted by atomic mass is 16.5. The molecular formula is C15H19NO4. The molecule has 0 aromatic heterocycles. The minimum atomic E-state index is -0.449. The van der Waals surface area contributed by atoms with Gasteiger partial charge in [0.15, 0.2) is 0 Å². The molecule has 20 heavy (non-hydrogen) atoms. The van der Waals surface area contributed by atoms with Crippen molar-refractivity contribution in [3.63, 3.8) is 0 Å². The molecule has 0 atom stereocenters. The first-order chi connectivity index (χ1) is 9.61. The van der Waals surface area contributed by atoms with Gasteiger partial charge in [-0.15, -0.1) is 0 Å². The van der Waals surface area contributed by atoms with Crippen molar-refractivity contribution < 1.29 is 19.1 Å². The Morgan fingerprint density at radius 2 is 1.95 bits per heavy atom. The Morgan fingerprint density at radius 1 is 1.25 bits per heavy atom. The lowest BCUT2D eigenvalue weighted by Gasteiger charge is -2.05. The summed E-state index contributed by atoms with van der Waals surface area (Å²) in [4.78, 5) is 22.2. The summed E-state index contributed by atoms with van der Waals surface area (Å²) < 4.78 is 9.71. The van der Waals surface area contributed by atoms with Crippen LogP contribution in [0.2, 0.25) is 0 Å². The van der Waals surface area contributed by atoms with Crippen molar-refractivity contribution >= 4 is 11.9 Å². The van der Waals surface area contributed by atoms with E-state index in [9.17, 15) is 9.59 Å². The third-order valence-corrected chi connectivity index (χ3v) is 2.49. The predicted octanol–water partition coefficient (Wildman–Crippen LogP) is 1.36. The minimum absolute atomic E-state index is 0.0139. The molecule has 0 bridgehead atoms. The van der Waals surface area contributed by atoms with Crippen molar-refractivity contribution in [2.45, 2.75) is 13.5 Å². The summed E-state index contributed by atoms with van der Waals surface area (Å²) in [5.74, 6) is -0.679. The zero-order valence-corrected chi connectivity index (χ0v) is 11.7. The quantitative estimate of drug-likeness (QED) is 0.603. The lowest BCUT2D eigenvalue weighted by molar-refractivity contribution is -0.135. The number of aryl methyl sites for hydroxylation is 1. The van der Waals surface area contributed by atoms with E-state index >= 15 is 0 Å². The fraction of sp³-hybridized carbons (Fsp3) is 0.333. The average molecular weight is 277 g/mol. The lowest BCUT2D eigenvalue weighted by atomic mass is 10.2. The van der Waals surface area contributed by atoms with Crippen LogP contribution in [0.5, 0.6) is 0 Å². The first kappa shape index (κ1) is 15.9. The van der Waals surface area contributed by atoms with Crippen LogP contribution >= 0.6 is 0 Å². The summed E-state index contributed by atoms with van der Waals surface area (Å²) >= 11 is 0. The van der Waals surface area contributed by atoms with Crippen LogP contribution in [0, 0.1) is 6.92 Å². The van der Waals surface area contributed by atoms with Crippen molar-refractivity contribution in [2.75, 3.05) is 20.3 Å². The number of hydrogen-bond acceptors (Lipinski definition) is 4. The molecule has 1 aromatic rings. The van der Waals surface area contributed by atoms with E-state index in [-0.39, 0.29) is 19.1 Å². The highest BCUT2D eigenvalue weighted by Gasteiger charge is 2.00. The van der Waals surface area contributed by atoms with Crippen LogP contribution in [0.3, 0.4) is 0 Å². The highest BCUT2D eigenvalue weighted by molar-refractivity contribution is 5.82. The van der Waals surface area contributed by atoms with E-state index in [1.165, 1.54) is 24.8 Å². The van der Waals surface area contributed by atoms with E-state index in [0.717, 1.165) is 5.56 Å². The summed E-state index contributed by atoms with van der Waals surface area (Å²) in [6, 6.07) is 7.92. The van der Waals surface area contributed by atoms with Gasteiger partial charge in [-0.2, -0.15) is 0 Å². The molecule has 5 heteroatoms. The minimum Gasteiger partial charge on any atom is -0.466 e. The van der Waals surface area contributed by atoms with Crippen molar-refractivity contribution in [3.8, 4) is 0 Å². The Hall–Kier alpha value is -2.14. The van der Waals surface area contributed by atoms with Crippen molar-refractivity contribution in [2.24, 2.45) is 0 Å². The van der Waals surface area contributed by atoms with Crippen LogP contribution in [0.4, 0.5) is 0 Å². The zero-order valence-electron chi connectivity index (χ0n) is 11.7. The Morgan fingerprint density at radius 3 is 2.60 bits per heavy atom. The fourth-order valence-corrected chi connectivity index (χ4v) is 1.39. The summed E-state index contributed by atoms with van der Waals surface area (Å²) in [7, 11) is 1.30. The van der Waals surface area contributed by atoms with Crippen LogP contribution in [-0.2, 0) is 25.7 Å². The smallest absolute Gasteiger partial charge is 0.330 e. The number of rotatable bonds is 7. The monoisotopic (exact) mass is 277 g/mol. The number of methoxy groups -OCH3 is 1. The van der Waals surface area contributed by atoms with Gasteiger partial charge in [-0.05, 0) is 12.5 Å². The maximum atomic E-state index is 11.4. The molecule has 0 aliphatic heterocycles. The molecular weight excluding hydrogens is 258 g/mol. The normalized spacial score (nSPS) is 10.5. The third kappa shape index (κ3) is 6.70. The molecule has 0 spiro atoms. The van der Waals surface area contributed by atoms with Gasteiger partial charge in [0.25, 0.3) is 0 Å². The molecule has 0 aliphatic rings. The van der Waals surface area contributed by atoms with E-state index in [4.69, 9.17) is 4.74 Å². The number of amides is 1. The molecule has 0 saturated carbocycles. The Bertz CT molecular complexity index is 465. The zero-order chi connectivity index (χ0) is 14.8. The molecule has 0 unspecified atom stereocenters. The molecule has 1 amide bonds. The number of carbonyl (C=O) groups excluding carboxylic acids is 2. The van der Waals surface area contributed by atoms with E-state index in [0.29, 0.717) is 6.61 Å². The topological polar surface area (TPSA) is 64.6 Å². The lowest BCUT2D eigenvalue weighted by Crippen LogP contribution is -2.27. The molecule has 0 heterocycles. The first-order valence-corrected chi connectivity index (χ1v) is 6.26. The Labute approximate surface area is 118 Å². The molecule has 108 valence electrons. The van der Waals surface area contributed by atoms with Gasteiger partial charge in [0.2, 0.25) is 5.91 Å². The fourth-order valence-electron chi connectivity index (χ4n) is 1.39. The van der Waals surface area contributed by atoms with Crippen LogP contribution in [0.25, 0.3) is 0 Å². The van der Waals surface area contributed by atoms with E-state index < -0.39 is 5.97 Å². The maximum absolute atomic E-state index is 11.4. The predicted molar refractivity (Wildman–Crippen MR) is 75.0 cm³/mol. The molecule has 0 saturated heterocycles. The molecule has 0 fully saturated rings. The Balaban J connectivity index is 2.15. The van der Waals surface area contributed by atoms with Crippen LogP contribution in [0.1, 0.15) is 11.1 Å². The SMILES string of the molecule is COC(=O)/C=C/CNC(=O)COCc1ccc(C)cc1. The highest BCUT2D eigenvalue weighted by Crippen LogP contribution is 2.04. The van der Waals surface area contributed by atoms with Crippen molar-refractivity contribution in [1.82, 2.24) is 5.32 Å². The number of benzene rings is 1. The van der Waals surface area contributed by atoms with Gasteiger partial charge in [-0.1, -0.05) is 35.9 Å². The van der Waals surface area contributed by atoms with Gasteiger partial charge in [0, 0.05) is 12.6 Å². The Kier molecular flexibility index (Phi) is 7.06. The third-order valence-electron chi connectivity index (χ3n) is 2.49. The molecule has 0 aliphatic carbocycles. The number of esters is 1. The van der Waals surface area contributed by atoms with Gasteiger partial charge in [0.05, 0.1) is 13.7 Å². The number of hydrogen-bond donors (Lipinski definition) is 1. The second-order valence-corrected chi connectivity index (χ2v) is 4.21. The van der Waals surface area contributed by atoms with Crippen molar-refractivity contribution in [3.05, 3.63) is 47.5 Å². The summed E-state index contributed by atoms with van der Waals surface area (Å²) in [5, 5.41) is 2.60. The van der Waals surface area contributed by atoms with Gasteiger partial charge in [-0.25, -0.2) is 4.79 Å². The van der Waals surface area contributed by atoms with E-state index in [1.54, 1.807) is 0 Å². The molecule has 1 N–H and O–H groups in total. The summed E-state index contributed by atoms with van der Waals surface area (Å²) in [6.45, 7) is 2.66. The van der Waals surface area contributed by atoms with Crippen LogP contribution < -0.4 is 5.32 Å². The first-order valence-electron chi connectivity index (χ1n) is 6.26. The van der Waals surface area contributed by atoms with Gasteiger partial charge < -0.3 is 14.8 Å². The summed E-state index contributed by atoms with van der Waals surface area (Å²) in [5.41, 5.74) is 2.21. The second kappa shape index (κ2) is 8.87. The van der Waals surface area contributed by atoms with Crippen LogP contribution in [0.15, 0.2) is 36.4 Å². The van der Waals surface area contributed by atoms with Gasteiger partial charge in [0.1, 0.15) is 6.61 Å². The molecule has 1 aromatic carbocycles. The molecule has 5 nitrogen and oxygen atoms in total. The van der Waals surface area contributed by atoms with Gasteiger partial charge >= 0.3 is 5.97 Å². The van der Waals surface area contributed by atoms with Gasteiger partial charge in [-0.3, -0.25) is 4.79 Å². The molecule has 0 radical (unpaired) electrons. The second-order valence-electron chi connectivity index (χ2n) is 4.21. The number of nitrogens with one attached hydrogen (secondary N) is 1. The van der Waals surface area contributed by atoms with Crippen LogP contribution in [-0.4, -0.2) is 32.1 Å². The standard InChI is InChI=1S/C15H19NO4/c1-12-5-7-13(8-6-12)10-20-11-14(17)16-9-3-4-15(18)19-2/h3-8H,9-11H2,1-2H3,(H,16,17)/b4-3+. The number of ether oxygens (including phenoxy) is 2. The average Bonchev–Trinajstić information content (AvgIpc) is 2.45. The molecule has 1 rings (SSSR count). The van der Waals surface area contributed by atoms with Crippen molar-refractivity contribution in [1.29, 1.82) is 0 Å². The number of carbonyl (C=O) groups is 2. The van der Waals surface area contributed by atoms with E-state index in [1.807, 2.05) is 31.2 Å². The summed E-state index contributed by atoms with van der Waals surface area (Å²) in [6.07, 6.45) is 2.77. The largest absolute Gasteiger partial charge is 0.466 e. The van der Waals surface area contributed by atoms with E-state index in [2.05, 4.69) is 10.1 Å². The maximum Gasteiger partial charge on any atom is 0.330 e.